The molecule has 1 fully saturated rings. The predicted molar refractivity (Wildman–Crippen MR) is 177 cm³/mol. The van der Waals surface area contributed by atoms with Gasteiger partial charge in [-0.05, 0) is 30.0 Å². The molecule has 1 saturated heterocycles. The molecule has 0 spiro atoms. The molecule has 2 aromatic carbocycles. The number of aromatic nitrogens is 2. The summed E-state index contributed by atoms with van der Waals surface area (Å²) in [6, 6.07) is 14.3. The van der Waals surface area contributed by atoms with Crippen LogP contribution in [0.4, 0.5) is 0 Å². The van der Waals surface area contributed by atoms with Gasteiger partial charge in [0, 0.05) is 53.6 Å². The van der Waals surface area contributed by atoms with E-state index in [0.717, 1.165) is 28.1 Å². The number of rotatable bonds is 12. The van der Waals surface area contributed by atoms with E-state index in [9.17, 15) is 32.7 Å². The summed E-state index contributed by atoms with van der Waals surface area (Å²) in [5.74, 6) is -1.25. The quantitative estimate of drug-likeness (QED) is 0.186. The number of ether oxygens (including phenoxy) is 1. The van der Waals surface area contributed by atoms with Gasteiger partial charge in [0.05, 0.1) is 18.2 Å². The molecule has 13 nitrogen and oxygen atoms in total. The van der Waals surface area contributed by atoms with Crippen LogP contribution in [-0.2, 0) is 39.2 Å². The Morgan fingerprint density at radius 2 is 1.76 bits per heavy atom. The molecular weight excluding hydrogens is 655 g/mol. The number of nitrogens with one attached hydrogen (secondary N) is 2. The summed E-state index contributed by atoms with van der Waals surface area (Å²) in [6.45, 7) is 1.08. The topological polar surface area (TPSA) is 169 Å². The fourth-order valence-electron chi connectivity index (χ4n) is 5.25. The molecular formula is C30H33N5O8S3. The Kier molecular flexibility index (Phi) is 10.3. The van der Waals surface area contributed by atoms with Crippen molar-refractivity contribution in [2.24, 2.45) is 0 Å². The lowest BCUT2D eigenvalue weighted by molar-refractivity contribution is -0.138. The molecule has 0 radical (unpaired) electrons. The Morgan fingerprint density at radius 3 is 2.46 bits per heavy atom. The predicted octanol–water partition coefficient (Wildman–Crippen LogP) is 1.61. The van der Waals surface area contributed by atoms with Crippen LogP contribution in [0, 0.1) is 0 Å². The van der Waals surface area contributed by atoms with Crippen molar-refractivity contribution in [1.29, 1.82) is 0 Å². The lowest BCUT2D eigenvalue weighted by Gasteiger charge is -2.27. The first-order chi connectivity index (χ1) is 22.0. The zero-order valence-corrected chi connectivity index (χ0v) is 27.6. The zero-order valence-electron chi connectivity index (χ0n) is 25.1. The van der Waals surface area contributed by atoms with E-state index < -0.39 is 33.8 Å². The van der Waals surface area contributed by atoms with Crippen LogP contribution in [0.15, 0.2) is 63.0 Å². The Morgan fingerprint density at radius 1 is 1.07 bits per heavy atom. The van der Waals surface area contributed by atoms with E-state index in [1.165, 1.54) is 16.3 Å². The molecule has 3 heterocycles. The van der Waals surface area contributed by atoms with Crippen molar-refractivity contribution in [2.45, 2.75) is 24.5 Å². The van der Waals surface area contributed by atoms with Gasteiger partial charge in [0.2, 0.25) is 10.0 Å². The van der Waals surface area contributed by atoms with Crippen LogP contribution in [-0.4, -0.2) is 84.7 Å². The van der Waals surface area contributed by atoms with Gasteiger partial charge in [0.25, 0.3) is 11.5 Å². The molecule has 0 aliphatic carbocycles. The van der Waals surface area contributed by atoms with Crippen LogP contribution in [0.25, 0.3) is 20.7 Å². The van der Waals surface area contributed by atoms with Crippen molar-refractivity contribution in [3.05, 3.63) is 80.5 Å². The first kappa shape index (κ1) is 33.4. The number of hydrogen-bond donors (Lipinski definition) is 3. The van der Waals surface area contributed by atoms with Crippen LogP contribution in [0.1, 0.15) is 11.1 Å². The first-order valence-electron chi connectivity index (χ1n) is 14.3. The van der Waals surface area contributed by atoms with Crippen LogP contribution >= 0.6 is 23.1 Å². The van der Waals surface area contributed by atoms with E-state index >= 15 is 0 Å². The van der Waals surface area contributed by atoms with Crippen LogP contribution < -0.4 is 26.0 Å². The smallest absolute Gasteiger partial charge is 0.332 e. The molecule has 1 amide bonds. The third-order valence-electron chi connectivity index (χ3n) is 7.43. The number of thiophene rings is 1. The number of aliphatic carboxylic acids is 1. The van der Waals surface area contributed by atoms with E-state index in [1.807, 2.05) is 30.5 Å². The van der Waals surface area contributed by atoms with Crippen molar-refractivity contribution in [3.8, 4) is 16.2 Å². The van der Waals surface area contributed by atoms with Crippen LogP contribution in [0.3, 0.4) is 0 Å². The van der Waals surface area contributed by atoms with Crippen molar-refractivity contribution in [1.82, 2.24) is 24.1 Å². The Labute approximate surface area is 272 Å². The standard InChI is InChI=1S/C30H33N5O8S3/c1-44-23-10-6-3-7-19(23)16-35-29-26(28(39)34(30(35)40)17-25(37)38)21(15-32-46(2,41)42)27(45-29)20-8-4-5-9-22(20)43-18-24(36)33-13-11-31-12-14-33/h3-10,31-32H,11-18H2,1-2H3,(H,37,38). The average molecular weight is 688 g/mol. The summed E-state index contributed by atoms with van der Waals surface area (Å²) < 4.78 is 34.9. The molecule has 0 bridgehead atoms. The highest BCUT2D eigenvalue weighted by atomic mass is 32.2. The Hall–Kier alpha value is -3.96. The van der Waals surface area contributed by atoms with Crippen molar-refractivity contribution in [2.75, 3.05) is 45.3 Å². The Balaban J connectivity index is 1.71. The highest BCUT2D eigenvalue weighted by Crippen LogP contribution is 2.41. The van der Waals surface area contributed by atoms with E-state index in [4.69, 9.17) is 4.74 Å². The van der Waals surface area contributed by atoms with E-state index in [2.05, 4.69) is 10.0 Å². The minimum absolute atomic E-state index is 0.0188. The summed E-state index contributed by atoms with van der Waals surface area (Å²) in [4.78, 5) is 55.6. The third kappa shape index (κ3) is 7.36. The van der Waals surface area contributed by atoms with E-state index in [0.29, 0.717) is 46.9 Å². The molecule has 5 rings (SSSR count). The number of carboxylic acids is 1. The number of nitrogens with zero attached hydrogens (tertiary/aromatic N) is 3. The van der Waals surface area contributed by atoms with Gasteiger partial charge in [-0.1, -0.05) is 30.3 Å². The Bertz CT molecular complexity index is 2010. The van der Waals surface area contributed by atoms with Crippen molar-refractivity contribution in [3.63, 3.8) is 0 Å². The first-order valence-corrected chi connectivity index (χ1v) is 18.2. The number of hydrogen-bond acceptors (Lipinski definition) is 10. The highest BCUT2D eigenvalue weighted by molar-refractivity contribution is 7.98. The molecule has 0 saturated carbocycles. The molecule has 1 aliphatic heterocycles. The lowest BCUT2D eigenvalue weighted by atomic mass is 10.1. The maximum absolute atomic E-state index is 13.9. The molecule has 1 aliphatic rings. The van der Waals surface area contributed by atoms with Crippen molar-refractivity contribution >= 4 is 55.2 Å². The molecule has 2 aromatic heterocycles. The second-order valence-electron chi connectivity index (χ2n) is 10.6. The number of carbonyl (C=O) groups is 2. The molecule has 4 aromatic rings. The molecule has 244 valence electrons. The van der Waals surface area contributed by atoms with Crippen LogP contribution in [0.2, 0.25) is 0 Å². The molecule has 46 heavy (non-hydrogen) atoms. The van der Waals surface area contributed by atoms with Gasteiger partial charge < -0.3 is 20.1 Å². The summed E-state index contributed by atoms with van der Waals surface area (Å²) in [5, 5.41) is 12.8. The fourth-order valence-corrected chi connectivity index (χ4v) is 7.60. The van der Waals surface area contributed by atoms with Gasteiger partial charge >= 0.3 is 11.7 Å². The van der Waals surface area contributed by atoms with E-state index in [-0.39, 0.29) is 41.4 Å². The van der Waals surface area contributed by atoms with Crippen molar-refractivity contribution < 1.29 is 27.9 Å². The summed E-state index contributed by atoms with van der Waals surface area (Å²) in [6.07, 6.45) is 2.88. The molecule has 0 unspecified atom stereocenters. The number of benzene rings is 2. The number of piperazine rings is 1. The third-order valence-corrected chi connectivity index (χ3v) is 10.2. The maximum atomic E-state index is 13.9. The SMILES string of the molecule is CSc1ccccc1Cn1c(=O)n(CC(=O)O)c(=O)c2c(CNS(C)(=O)=O)c(-c3ccccc3OCC(=O)N3CCNCC3)sc21. The fraction of sp³-hybridized carbons (Fsp3) is 0.333. The van der Waals surface area contributed by atoms with Gasteiger partial charge in [-0.15, -0.1) is 23.1 Å². The molecule has 16 heteroatoms. The van der Waals surface area contributed by atoms with Gasteiger partial charge in [-0.25, -0.2) is 22.5 Å². The summed E-state index contributed by atoms with van der Waals surface area (Å²) >= 11 is 2.57. The van der Waals surface area contributed by atoms with E-state index in [1.54, 1.807) is 29.2 Å². The summed E-state index contributed by atoms with van der Waals surface area (Å²) in [7, 11) is -3.74. The van der Waals surface area contributed by atoms with Gasteiger partial charge in [0.1, 0.15) is 17.1 Å². The number of amides is 1. The maximum Gasteiger partial charge on any atom is 0.332 e. The zero-order chi connectivity index (χ0) is 33.0. The molecule has 3 N–H and O–H groups in total. The monoisotopic (exact) mass is 687 g/mol. The number of thioether (sulfide) groups is 1. The molecule has 0 atom stereocenters. The summed E-state index contributed by atoms with van der Waals surface area (Å²) in [5.41, 5.74) is -0.144. The number of fused-ring (bicyclic) bond motifs is 1. The largest absolute Gasteiger partial charge is 0.483 e. The van der Waals surface area contributed by atoms with Gasteiger partial charge in [-0.3, -0.25) is 19.0 Å². The average Bonchev–Trinajstić information content (AvgIpc) is 3.42. The number of para-hydroxylation sites is 1. The minimum Gasteiger partial charge on any atom is -0.483 e. The minimum atomic E-state index is -3.74. The highest BCUT2D eigenvalue weighted by Gasteiger charge is 2.26. The number of carbonyl (C=O) groups excluding carboxylic acids is 1. The van der Waals surface area contributed by atoms with Gasteiger partial charge in [0.15, 0.2) is 6.61 Å². The number of carboxylic acid groups (broad SMARTS) is 1. The normalized spacial score (nSPS) is 13.7. The second-order valence-corrected chi connectivity index (χ2v) is 14.2. The lowest BCUT2D eigenvalue weighted by Crippen LogP contribution is -2.47. The van der Waals surface area contributed by atoms with Crippen LogP contribution in [0.5, 0.6) is 5.75 Å². The second kappa shape index (κ2) is 14.2. The number of sulfonamides is 1. The van der Waals surface area contributed by atoms with Gasteiger partial charge in [-0.2, -0.15) is 0 Å².